The monoisotopic (exact) mass is 265 g/mol. The summed E-state index contributed by atoms with van der Waals surface area (Å²) in [5.74, 6) is 0. The minimum Gasteiger partial charge on any atom is -0.302 e. The normalized spacial score (nSPS) is 13.5. The molecule has 0 fully saturated rings. The number of hydrogen-bond donors (Lipinski definition) is 2. The average Bonchev–Trinajstić information content (AvgIpc) is 2.29. The molecule has 0 amide bonds. The smallest absolute Gasteiger partial charge is 0.302 e. The van der Waals surface area contributed by atoms with Crippen LogP contribution in [0.3, 0.4) is 0 Å². The van der Waals surface area contributed by atoms with Gasteiger partial charge in [-0.15, -0.1) is 0 Å². The molecule has 1 atom stereocenters. The quantitative estimate of drug-likeness (QED) is 0.497. The van der Waals surface area contributed by atoms with E-state index in [1.807, 2.05) is 0 Å². The van der Waals surface area contributed by atoms with Crippen LogP contribution in [0.4, 0.5) is 0 Å². The Bertz CT molecular complexity index is 323. The van der Waals surface area contributed by atoms with E-state index in [1.165, 1.54) is 6.42 Å². The molecule has 1 aromatic heterocycles. The first-order valence-electron chi connectivity index (χ1n) is 4.75. The Morgan fingerprint density at radius 2 is 1.94 bits per heavy atom. The van der Waals surface area contributed by atoms with Gasteiger partial charge in [-0.25, -0.2) is 8.54 Å². The van der Waals surface area contributed by atoms with Crippen LogP contribution in [0.25, 0.3) is 0 Å². The maximum Gasteiger partial charge on any atom is 0.483 e. The zero-order valence-corrected chi connectivity index (χ0v) is 11.0. The van der Waals surface area contributed by atoms with Crippen LogP contribution in [-0.2, 0) is 19.7 Å². The Morgan fingerprint density at radius 1 is 1.44 bits per heavy atom. The molecule has 0 aliphatic rings. The van der Waals surface area contributed by atoms with Crippen molar-refractivity contribution in [3.8, 4) is 0 Å². The maximum atomic E-state index is 10.8. The summed E-state index contributed by atoms with van der Waals surface area (Å²) in [5.41, 5.74) is 0.731. The molecular weight excluding hydrogens is 249 g/mol. The number of hydrogen-bond acceptors (Lipinski definition) is 5. The van der Waals surface area contributed by atoms with Crippen LogP contribution in [0.1, 0.15) is 25.8 Å². The van der Waals surface area contributed by atoms with Crippen LogP contribution < -0.4 is 0 Å². The van der Waals surface area contributed by atoms with Gasteiger partial charge in [0.25, 0.3) is 0 Å². The summed E-state index contributed by atoms with van der Waals surface area (Å²) in [6.07, 6.45) is 4.37. The largest absolute Gasteiger partial charge is 0.483 e. The summed E-state index contributed by atoms with van der Waals surface area (Å²) < 4.78 is 19.3. The predicted molar refractivity (Wildman–Crippen MR) is 64.9 cm³/mol. The third-order valence-corrected chi connectivity index (χ3v) is 2.53. The van der Waals surface area contributed by atoms with Crippen molar-refractivity contribution in [2.75, 3.05) is 0 Å². The van der Waals surface area contributed by atoms with E-state index in [2.05, 4.69) is 40.2 Å². The predicted octanol–water partition coefficient (Wildman–Crippen LogP) is 2.98. The van der Waals surface area contributed by atoms with Crippen molar-refractivity contribution < 1.29 is 18.0 Å². The molecule has 5 nitrogen and oxygen atoms in total. The lowest BCUT2D eigenvalue weighted by atomic mass is 10.3. The number of phosphoric ester groups is 1. The van der Waals surface area contributed by atoms with E-state index in [0.29, 0.717) is 0 Å². The van der Waals surface area contributed by atoms with Gasteiger partial charge in [0.05, 0.1) is 6.61 Å². The zero-order chi connectivity index (χ0) is 12.4. The lowest BCUT2D eigenvalue weighted by molar-refractivity contribution is 0.204. The van der Waals surface area contributed by atoms with Crippen molar-refractivity contribution in [1.82, 2.24) is 4.98 Å². The third-order valence-electron chi connectivity index (χ3n) is 1.25. The maximum absolute atomic E-state index is 10.8. The topological polar surface area (TPSA) is 68.7 Å². The molecule has 0 bridgehead atoms. The van der Waals surface area contributed by atoms with Crippen molar-refractivity contribution >= 4 is 20.7 Å². The minimum atomic E-state index is -4.00. The van der Waals surface area contributed by atoms with Crippen LogP contribution >= 0.6 is 20.7 Å². The number of pyridine rings is 1. The highest BCUT2D eigenvalue weighted by molar-refractivity contribution is 7.80. The molecule has 0 aromatic carbocycles. The summed E-state index contributed by atoms with van der Waals surface area (Å²) in [6, 6.07) is 3.33. The Labute approximate surface area is 101 Å². The second-order valence-corrected chi connectivity index (χ2v) is 4.73. The Morgan fingerprint density at radius 3 is 2.38 bits per heavy atom. The standard InChI is InChI=1S/C6H8NO4PS.C3H8/c8-12(9,11-13)10-5-6-1-3-7-4-2-6;1-3-2/h1-4,13H,5H2,(H,8,9);3H2,1-2H3. The number of aromatic nitrogens is 1. The van der Waals surface area contributed by atoms with Crippen LogP contribution in [0, 0.1) is 0 Å². The molecule has 0 saturated carbocycles. The molecule has 1 N–H and O–H groups in total. The summed E-state index contributed by atoms with van der Waals surface area (Å²) in [4.78, 5) is 12.6. The van der Waals surface area contributed by atoms with Gasteiger partial charge in [0, 0.05) is 12.4 Å². The first-order chi connectivity index (χ1) is 7.55. The Balaban J connectivity index is 0.000000673. The fourth-order valence-electron chi connectivity index (χ4n) is 0.659. The van der Waals surface area contributed by atoms with E-state index in [-0.39, 0.29) is 6.61 Å². The first kappa shape index (κ1) is 15.6. The Hall–Kier alpha value is -0.390. The molecule has 1 heterocycles. The molecule has 92 valence electrons. The highest BCUT2D eigenvalue weighted by Crippen LogP contribution is 2.45. The molecule has 0 spiro atoms. The van der Waals surface area contributed by atoms with Crippen molar-refractivity contribution in [3.63, 3.8) is 0 Å². The molecule has 1 unspecified atom stereocenters. The van der Waals surface area contributed by atoms with Crippen molar-refractivity contribution in [3.05, 3.63) is 30.1 Å². The van der Waals surface area contributed by atoms with Crippen LogP contribution in [0.15, 0.2) is 24.5 Å². The second-order valence-electron chi connectivity index (χ2n) is 2.89. The van der Waals surface area contributed by atoms with E-state index < -0.39 is 7.82 Å². The minimum absolute atomic E-state index is 0.0170. The van der Waals surface area contributed by atoms with Crippen molar-refractivity contribution in [2.45, 2.75) is 26.9 Å². The SMILES string of the molecule is CCC.O=P(O)(OS)OCc1ccncc1. The number of rotatable bonds is 4. The number of thiol groups is 1. The summed E-state index contributed by atoms with van der Waals surface area (Å²) in [6.45, 7) is 4.23. The number of phosphoric acid groups is 1. The van der Waals surface area contributed by atoms with E-state index in [9.17, 15) is 4.57 Å². The molecule has 0 aliphatic heterocycles. The van der Waals surface area contributed by atoms with Gasteiger partial charge in [0.15, 0.2) is 0 Å². The first-order valence-corrected chi connectivity index (χ1v) is 6.61. The molecule has 16 heavy (non-hydrogen) atoms. The molecule has 0 saturated heterocycles. The number of nitrogens with zero attached hydrogens (tertiary/aromatic N) is 1. The van der Waals surface area contributed by atoms with Crippen molar-refractivity contribution in [1.29, 1.82) is 0 Å². The Kier molecular flexibility index (Phi) is 8.51. The van der Waals surface area contributed by atoms with Gasteiger partial charge in [0.2, 0.25) is 0 Å². The molecule has 0 radical (unpaired) electrons. The lowest BCUT2D eigenvalue weighted by Gasteiger charge is -2.07. The zero-order valence-electron chi connectivity index (χ0n) is 9.24. The van der Waals surface area contributed by atoms with E-state index >= 15 is 0 Å². The second kappa shape index (κ2) is 8.73. The van der Waals surface area contributed by atoms with Gasteiger partial charge in [-0.05, 0) is 30.6 Å². The van der Waals surface area contributed by atoms with E-state index in [4.69, 9.17) is 4.89 Å². The summed E-state index contributed by atoms with van der Waals surface area (Å²) >= 11 is 3.20. The van der Waals surface area contributed by atoms with Crippen LogP contribution in [-0.4, -0.2) is 9.88 Å². The third kappa shape index (κ3) is 7.84. The van der Waals surface area contributed by atoms with Crippen molar-refractivity contribution in [2.24, 2.45) is 0 Å². The van der Waals surface area contributed by atoms with E-state index in [0.717, 1.165) is 5.56 Å². The fraction of sp³-hybridized carbons (Fsp3) is 0.444. The summed E-state index contributed by atoms with van der Waals surface area (Å²) in [7, 11) is -4.00. The lowest BCUT2D eigenvalue weighted by Crippen LogP contribution is -1.91. The van der Waals surface area contributed by atoms with Gasteiger partial charge in [-0.3, -0.25) is 9.51 Å². The molecule has 0 aliphatic carbocycles. The van der Waals surface area contributed by atoms with Gasteiger partial charge >= 0.3 is 7.82 Å². The average molecular weight is 265 g/mol. The molecule has 1 aromatic rings. The van der Waals surface area contributed by atoms with Gasteiger partial charge < -0.3 is 4.89 Å². The van der Waals surface area contributed by atoms with Crippen LogP contribution in [0.2, 0.25) is 0 Å². The van der Waals surface area contributed by atoms with E-state index in [1.54, 1.807) is 24.5 Å². The molecule has 7 heteroatoms. The fourth-order valence-corrected chi connectivity index (χ4v) is 1.16. The molecular formula is C9H16NO4PS. The van der Waals surface area contributed by atoms with Gasteiger partial charge in [-0.1, -0.05) is 20.3 Å². The summed E-state index contributed by atoms with van der Waals surface area (Å²) in [5, 5.41) is 0. The van der Waals surface area contributed by atoms with Gasteiger partial charge in [0.1, 0.15) is 0 Å². The highest BCUT2D eigenvalue weighted by Gasteiger charge is 2.18. The van der Waals surface area contributed by atoms with Gasteiger partial charge in [-0.2, -0.15) is 0 Å². The van der Waals surface area contributed by atoms with Crippen LogP contribution in [0.5, 0.6) is 0 Å². The highest BCUT2D eigenvalue weighted by atomic mass is 32.1. The molecule has 1 rings (SSSR count).